The van der Waals surface area contributed by atoms with Crippen LogP contribution in [0.4, 0.5) is 0 Å². The number of carboxylic acid groups (broad SMARTS) is 1. The van der Waals surface area contributed by atoms with Crippen LogP contribution >= 0.6 is 0 Å². The Labute approximate surface area is 233 Å². The quantitative estimate of drug-likeness (QED) is 0.184. The molecule has 216 valence electrons. The van der Waals surface area contributed by atoms with E-state index in [0.29, 0.717) is 38.8 Å². The minimum atomic E-state index is -1.08. The number of aromatic hydroxyl groups is 1. The fraction of sp³-hybridized carbons (Fsp3) is 0.448. The third-order valence-electron chi connectivity index (χ3n) is 7.03. The third kappa shape index (κ3) is 8.78. The zero-order valence-corrected chi connectivity index (χ0v) is 22.5. The van der Waals surface area contributed by atoms with Gasteiger partial charge in [-0.15, -0.1) is 0 Å². The van der Waals surface area contributed by atoms with E-state index >= 15 is 0 Å². The van der Waals surface area contributed by atoms with Crippen LogP contribution in [0, 0.1) is 0 Å². The molecule has 4 unspecified atom stereocenters. The van der Waals surface area contributed by atoms with Crippen LogP contribution in [0.2, 0.25) is 0 Å². The summed E-state index contributed by atoms with van der Waals surface area (Å²) in [6.45, 7) is 0.711. The number of unbranched alkanes of at least 4 members (excludes halogenated alkanes) is 1. The summed E-state index contributed by atoms with van der Waals surface area (Å²) in [5.74, 6) is -2.54. The standard InChI is InChI=1S/C29H39N5O6/c30-15-5-4-9-23(32-26(36)22(31)17-20-11-13-21(35)14-12-20)27(37)33-24(18-19-7-2-1-3-8-19)28(38)34-16-6-10-25(34)29(39)40/h1-3,7-8,11-14,22-25,35H,4-6,9-10,15-18,30-31H2,(H,32,36)(H,33,37)(H,39,40). The second kappa shape index (κ2) is 15.0. The van der Waals surface area contributed by atoms with Crippen molar-refractivity contribution in [3.8, 4) is 5.75 Å². The highest BCUT2D eigenvalue weighted by molar-refractivity contribution is 5.94. The number of nitrogens with zero attached hydrogens (tertiary/aromatic N) is 1. The van der Waals surface area contributed by atoms with Crippen LogP contribution in [0.25, 0.3) is 0 Å². The Morgan fingerprint density at radius 2 is 1.55 bits per heavy atom. The van der Waals surface area contributed by atoms with Crippen LogP contribution < -0.4 is 22.1 Å². The molecule has 0 saturated carbocycles. The summed E-state index contributed by atoms with van der Waals surface area (Å²) in [6.07, 6.45) is 2.76. The molecular formula is C29H39N5O6. The zero-order valence-electron chi connectivity index (χ0n) is 22.5. The Bertz CT molecular complexity index is 1140. The van der Waals surface area contributed by atoms with Crippen molar-refractivity contribution in [2.24, 2.45) is 11.5 Å². The van der Waals surface area contributed by atoms with Crippen molar-refractivity contribution in [1.82, 2.24) is 15.5 Å². The van der Waals surface area contributed by atoms with Gasteiger partial charge in [0.2, 0.25) is 17.7 Å². The maximum absolute atomic E-state index is 13.5. The van der Waals surface area contributed by atoms with Crippen molar-refractivity contribution in [1.29, 1.82) is 0 Å². The van der Waals surface area contributed by atoms with Crippen molar-refractivity contribution >= 4 is 23.7 Å². The van der Waals surface area contributed by atoms with Gasteiger partial charge >= 0.3 is 5.97 Å². The number of phenolic OH excluding ortho intramolecular Hbond substituents is 1. The summed E-state index contributed by atoms with van der Waals surface area (Å²) in [7, 11) is 0. The second-order valence-electron chi connectivity index (χ2n) is 10.1. The van der Waals surface area contributed by atoms with E-state index in [1.54, 1.807) is 12.1 Å². The van der Waals surface area contributed by atoms with Gasteiger partial charge in [0.1, 0.15) is 23.9 Å². The van der Waals surface area contributed by atoms with Crippen LogP contribution in [0.5, 0.6) is 5.75 Å². The molecule has 0 aliphatic carbocycles. The maximum Gasteiger partial charge on any atom is 0.326 e. The van der Waals surface area contributed by atoms with Gasteiger partial charge in [-0.05, 0) is 68.3 Å². The van der Waals surface area contributed by atoms with Crippen molar-refractivity contribution in [2.45, 2.75) is 69.1 Å². The lowest BCUT2D eigenvalue weighted by Gasteiger charge is -2.29. The average molecular weight is 554 g/mol. The van der Waals surface area contributed by atoms with E-state index in [1.165, 1.54) is 17.0 Å². The fourth-order valence-corrected chi connectivity index (χ4v) is 4.83. The predicted molar refractivity (Wildman–Crippen MR) is 149 cm³/mol. The number of carboxylic acids is 1. The number of aliphatic carboxylic acids is 1. The smallest absolute Gasteiger partial charge is 0.326 e. The Morgan fingerprint density at radius 3 is 2.20 bits per heavy atom. The lowest BCUT2D eigenvalue weighted by Crippen LogP contribution is -2.57. The Balaban J connectivity index is 1.75. The normalized spacial score (nSPS) is 17.1. The summed E-state index contributed by atoms with van der Waals surface area (Å²) in [4.78, 5) is 53.1. The van der Waals surface area contributed by atoms with Crippen molar-refractivity contribution in [3.63, 3.8) is 0 Å². The topological polar surface area (TPSA) is 188 Å². The molecule has 0 spiro atoms. The molecule has 3 rings (SSSR count). The molecule has 1 heterocycles. The molecule has 0 radical (unpaired) electrons. The molecule has 4 atom stereocenters. The molecule has 2 aromatic carbocycles. The number of nitrogens with one attached hydrogen (secondary N) is 2. The van der Waals surface area contributed by atoms with Gasteiger partial charge in [0, 0.05) is 13.0 Å². The summed E-state index contributed by atoms with van der Waals surface area (Å²) in [5.41, 5.74) is 13.3. The molecule has 0 bridgehead atoms. The highest BCUT2D eigenvalue weighted by atomic mass is 16.4. The molecule has 0 aromatic heterocycles. The van der Waals surface area contributed by atoms with Gasteiger partial charge in [0.25, 0.3) is 0 Å². The molecule has 1 fully saturated rings. The molecule has 8 N–H and O–H groups in total. The number of phenols is 1. The van der Waals surface area contributed by atoms with Crippen LogP contribution in [-0.2, 0) is 32.0 Å². The highest BCUT2D eigenvalue weighted by Gasteiger charge is 2.38. The van der Waals surface area contributed by atoms with Gasteiger partial charge in [-0.2, -0.15) is 0 Å². The molecule has 1 saturated heterocycles. The molecule has 11 heteroatoms. The van der Waals surface area contributed by atoms with Gasteiger partial charge in [-0.3, -0.25) is 14.4 Å². The van der Waals surface area contributed by atoms with Gasteiger partial charge in [-0.25, -0.2) is 4.79 Å². The van der Waals surface area contributed by atoms with Crippen LogP contribution in [-0.4, -0.2) is 76.1 Å². The number of rotatable bonds is 14. The zero-order chi connectivity index (χ0) is 29.1. The number of likely N-dealkylation sites (tertiary alicyclic amines) is 1. The predicted octanol–water partition coefficient (Wildman–Crippen LogP) is 0.679. The minimum absolute atomic E-state index is 0.0987. The number of carbonyl (C=O) groups excluding carboxylic acids is 3. The van der Waals surface area contributed by atoms with Crippen LogP contribution in [0.3, 0.4) is 0 Å². The van der Waals surface area contributed by atoms with Crippen LogP contribution in [0.15, 0.2) is 54.6 Å². The van der Waals surface area contributed by atoms with Crippen molar-refractivity contribution in [2.75, 3.05) is 13.1 Å². The summed E-state index contributed by atoms with van der Waals surface area (Å²) < 4.78 is 0. The lowest BCUT2D eigenvalue weighted by atomic mass is 10.0. The molecule has 2 aromatic rings. The first-order valence-corrected chi connectivity index (χ1v) is 13.6. The summed E-state index contributed by atoms with van der Waals surface area (Å²) in [5, 5.41) is 24.6. The molecular weight excluding hydrogens is 514 g/mol. The largest absolute Gasteiger partial charge is 0.508 e. The monoisotopic (exact) mass is 553 g/mol. The van der Waals surface area contributed by atoms with Crippen LogP contribution in [0.1, 0.15) is 43.2 Å². The Morgan fingerprint density at radius 1 is 0.900 bits per heavy atom. The summed E-state index contributed by atoms with van der Waals surface area (Å²) in [6, 6.07) is 11.6. The number of nitrogens with two attached hydrogens (primary N) is 2. The lowest BCUT2D eigenvalue weighted by molar-refractivity contribution is -0.149. The van der Waals surface area contributed by atoms with E-state index in [4.69, 9.17) is 11.5 Å². The van der Waals surface area contributed by atoms with Crippen molar-refractivity contribution in [3.05, 3.63) is 65.7 Å². The molecule has 3 amide bonds. The van der Waals surface area contributed by atoms with E-state index in [0.717, 1.165) is 11.1 Å². The number of benzene rings is 2. The third-order valence-corrected chi connectivity index (χ3v) is 7.03. The van der Waals surface area contributed by atoms with E-state index in [9.17, 15) is 29.4 Å². The fourth-order valence-electron chi connectivity index (χ4n) is 4.83. The van der Waals surface area contributed by atoms with Gasteiger partial charge in [0.15, 0.2) is 0 Å². The average Bonchev–Trinajstić information content (AvgIpc) is 3.44. The van der Waals surface area contributed by atoms with Gasteiger partial charge in [-0.1, -0.05) is 42.5 Å². The minimum Gasteiger partial charge on any atom is -0.508 e. The number of carbonyl (C=O) groups is 4. The van der Waals surface area contributed by atoms with Crippen molar-refractivity contribution < 1.29 is 29.4 Å². The molecule has 1 aliphatic rings. The van der Waals surface area contributed by atoms with E-state index < -0.39 is 47.9 Å². The first kappa shape index (κ1) is 30.6. The molecule has 40 heavy (non-hydrogen) atoms. The number of hydrogen-bond donors (Lipinski definition) is 6. The molecule has 11 nitrogen and oxygen atoms in total. The Hall–Kier alpha value is -3.96. The highest BCUT2D eigenvalue weighted by Crippen LogP contribution is 2.20. The second-order valence-corrected chi connectivity index (χ2v) is 10.1. The van der Waals surface area contributed by atoms with E-state index in [2.05, 4.69) is 10.6 Å². The number of hydrogen-bond acceptors (Lipinski definition) is 7. The SMILES string of the molecule is NCCCCC(NC(=O)C(N)Cc1ccc(O)cc1)C(=O)NC(Cc1ccccc1)C(=O)N1CCCC1C(=O)O. The first-order valence-electron chi connectivity index (χ1n) is 13.6. The first-order chi connectivity index (χ1) is 19.2. The molecule has 1 aliphatic heterocycles. The van der Waals surface area contributed by atoms with E-state index in [-0.39, 0.29) is 25.0 Å². The van der Waals surface area contributed by atoms with E-state index in [1.807, 2.05) is 30.3 Å². The van der Waals surface area contributed by atoms with Gasteiger partial charge < -0.3 is 37.2 Å². The maximum atomic E-state index is 13.5. The summed E-state index contributed by atoms with van der Waals surface area (Å²) >= 11 is 0. The Kier molecular flexibility index (Phi) is 11.5. The number of amides is 3. The van der Waals surface area contributed by atoms with Gasteiger partial charge in [0.05, 0.1) is 6.04 Å².